The Balaban J connectivity index is 1.62. The molecule has 2 aliphatic heterocycles. The number of amides is 2. The summed E-state index contributed by atoms with van der Waals surface area (Å²) in [6.45, 7) is 4.88. The van der Waals surface area contributed by atoms with Gasteiger partial charge >= 0.3 is 13.2 Å². The number of hydrogen-bond donors (Lipinski definition) is 3. The predicted octanol–water partition coefficient (Wildman–Crippen LogP) is 1.99. The minimum atomic E-state index is -1.78. The Morgan fingerprint density at radius 1 is 1.27 bits per heavy atom. The second-order valence-electron chi connectivity index (χ2n) is 10.3. The summed E-state index contributed by atoms with van der Waals surface area (Å²) in [7, 11) is -1.78. The summed E-state index contributed by atoms with van der Waals surface area (Å²) in [6.07, 6.45) is 2.71. The molecule has 0 spiro atoms. The summed E-state index contributed by atoms with van der Waals surface area (Å²) >= 11 is 0. The maximum Gasteiger partial charge on any atom is 0.475 e. The maximum atomic E-state index is 13.7. The standard InChI is InChI=1S/C26H36BFN4O5/c1-26(2,31-13-11-21(28)17-31)15-20(16-29)24(33)32-12-7-6-10-22(32)18-37-25(34)30-23(27(35)36)14-19-8-4-3-5-9-19/h3-5,8-9,15,21-23,35-36H,6-7,10-14,17-18H2,1-2H3,(H,30,34)/t21?,22?,23-/m0/s1. The van der Waals surface area contributed by atoms with Crippen molar-refractivity contribution in [2.75, 3.05) is 26.2 Å². The van der Waals surface area contributed by atoms with Crippen LogP contribution in [0.4, 0.5) is 9.18 Å². The van der Waals surface area contributed by atoms with E-state index < -0.39 is 42.8 Å². The number of hydrogen-bond acceptors (Lipinski definition) is 7. The van der Waals surface area contributed by atoms with Gasteiger partial charge in [0.15, 0.2) is 0 Å². The first-order chi connectivity index (χ1) is 17.6. The molecule has 11 heteroatoms. The molecular formula is C26H36BFN4O5. The van der Waals surface area contributed by atoms with E-state index in [4.69, 9.17) is 4.74 Å². The highest BCUT2D eigenvalue weighted by Gasteiger charge is 2.35. The topological polar surface area (TPSA) is 126 Å². The molecule has 0 aromatic heterocycles. The molecule has 2 fully saturated rings. The lowest BCUT2D eigenvalue weighted by molar-refractivity contribution is -0.131. The fraction of sp³-hybridized carbons (Fsp3) is 0.577. The number of benzene rings is 1. The summed E-state index contributed by atoms with van der Waals surface area (Å²) < 4.78 is 19.1. The van der Waals surface area contributed by atoms with Crippen molar-refractivity contribution in [3.63, 3.8) is 0 Å². The minimum absolute atomic E-state index is 0.0185. The zero-order valence-electron chi connectivity index (χ0n) is 21.5. The molecule has 0 saturated carbocycles. The lowest BCUT2D eigenvalue weighted by Gasteiger charge is -2.36. The SMILES string of the molecule is CC(C)(C=C(C#N)C(=O)N1CCCCC1COC(=O)N[C@@H](Cc1ccccc1)B(O)O)N1CCC(F)C1. The van der Waals surface area contributed by atoms with Crippen LogP contribution in [0.5, 0.6) is 0 Å². The van der Waals surface area contributed by atoms with Gasteiger partial charge in [-0.1, -0.05) is 30.3 Å². The van der Waals surface area contributed by atoms with Crippen LogP contribution >= 0.6 is 0 Å². The molecule has 0 radical (unpaired) electrons. The summed E-state index contributed by atoms with van der Waals surface area (Å²) in [5.41, 5.74) is 0.136. The number of alkyl carbamates (subject to hydrolysis) is 1. The molecule has 3 rings (SSSR count). The molecule has 0 aliphatic carbocycles. The smallest absolute Gasteiger partial charge is 0.447 e. The molecule has 2 saturated heterocycles. The lowest BCUT2D eigenvalue weighted by atomic mass is 9.76. The number of piperidine rings is 1. The molecule has 2 unspecified atom stereocenters. The number of nitriles is 1. The fourth-order valence-electron chi connectivity index (χ4n) is 4.89. The van der Waals surface area contributed by atoms with Gasteiger partial charge in [-0.25, -0.2) is 9.18 Å². The van der Waals surface area contributed by atoms with Crippen molar-refractivity contribution in [1.82, 2.24) is 15.1 Å². The van der Waals surface area contributed by atoms with E-state index in [0.717, 1.165) is 18.4 Å². The summed E-state index contributed by atoms with van der Waals surface area (Å²) in [6, 6.07) is 10.7. The number of ether oxygens (including phenoxy) is 1. The Morgan fingerprint density at radius 3 is 2.62 bits per heavy atom. The van der Waals surface area contributed by atoms with Crippen molar-refractivity contribution in [2.24, 2.45) is 0 Å². The third-order valence-electron chi connectivity index (χ3n) is 7.05. The van der Waals surface area contributed by atoms with Gasteiger partial charge in [-0.05, 0) is 57.6 Å². The second kappa shape index (κ2) is 13.0. The number of halogens is 1. The maximum absolute atomic E-state index is 13.7. The highest BCUT2D eigenvalue weighted by Crippen LogP contribution is 2.26. The van der Waals surface area contributed by atoms with Gasteiger partial charge in [-0.3, -0.25) is 9.69 Å². The largest absolute Gasteiger partial charge is 0.475 e. The number of rotatable bonds is 9. The van der Waals surface area contributed by atoms with E-state index >= 15 is 0 Å². The molecule has 200 valence electrons. The zero-order valence-corrected chi connectivity index (χ0v) is 21.5. The Morgan fingerprint density at radius 2 is 2.00 bits per heavy atom. The van der Waals surface area contributed by atoms with Crippen LogP contribution in [-0.4, -0.2) is 88.9 Å². The van der Waals surface area contributed by atoms with Crippen molar-refractivity contribution in [3.05, 3.63) is 47.5 Å². The number of alkyl halides is 1. The first-order valence-corrected chi connectivity index (χ1v) is 12.8. The van der Waals surface area contributed by atoms with E-state index in [1.807, 2.05) is 55.1 Å². The van der Waals surface area contributed by atoms with Crippen molar-refractivity contribution in [2.45, 2.75) is 69.6 Å². The van der Waals surface area contributed by atoms with E-state index in [1.165, 1.54) is 0 Å². The average Bonchev–Trinajstić information content (AvgIpc) is 3.33. The molecule has 2 aliphatic rings. The Bertz CT molecular complexity index is 1000. The van der Waals surface area contributed by atoms with Gasteiger partial charge < -0.3 is 25.0 Å². The number of likely N-dealkylation sites (tertiary alicyclic amines) is 2. The lowest BCUT2D eigenvalue weighted by Crippen LogP contribution is -2.50. The van der Waals surface area contributed by atoms with Crippen LogP contribution < -0.4 is 5.32 Å². The second-order valence-corrected chi connectivity index (χ2v) is 10.3. The Hall–Kier alpha value is -2.94. The van der Waals surface area contributed by atoms with Crippen LogP contribution in [0.25, 0.3) is 0 Å². The fourth-order valence-corrected chi connectivity index (χ4v) is 4.89. The predicted molar refractivity (Wildman–Crippen MR) is 137 cm³/mol. The molecule has 0 bridgehead atoms. The average molecular weight is 514 g/mol. The van der Waals surface area contributed by atoms with E-state index in [9.17, 15) is 29.3 Å². The molecule has 9 nitrogen and oxygen atoms in total. The zero-order chi connectivity index (χ0) is 27.0. The van der Waals surface area contributed by atoms with Gasteiger partial charge in [0.25, 0.3) is 5.91 Å². The summed E-state index contributed by atoms with van der Waals surface area (Å²) in [5, 5.41) is 31.6. The third kappa shape index (κ3) is 8.02. The quantitative estimate of drug-likeness (QED) is 0.261. The molecular weight excluding hydrogens is 478 g/mol. The van der Waals surface area contributed by atoms with Gasteiger partial charge in [0, 0.05) is 25.2 Å². The normalized spacial score (nSPS) is 21.7. The molecule has 1 aromatic carbocycles. The minimum Gasteiger partial charge on any atom is -0.447 e. The first-order valence-electron chi connectivity index (χ1n) is 12.8. The van der Waals surface area contributed by atoms with Crippen molar-refractivity contribution in [3.8, 4) is 6.07 Å². The first kappa shape index (κ1) is 28.6. The van der Waals surface area contributed by atoms with Crippen molar-refractivity contribution < 1.29 is 28.8 Å². The molecule has 3 atom stereocenters. The van der Waals surface area contributed by atoms with Gasteiger partial charge in [0.1, 0.15) is 24.4 Å². The highest BCUT2D eigenvalue weighted by molar-refractivity contribution is 6.43. The number of carbonyl (C=O) groups is 2. The van der Waals surface area contributed by atoms with Crippen molar-refractivity contribution in [1.29, 1.82) is 5.26 Å². The van der Waals surface area contributed by atoms with E-state index in [-0.39, 0.29) is 25.1 Å². The van der Waals surface area contributed by atoms with E-state index in [1.54, 1.807) is 11.0 Å². The number of carbonyl (C=O) groups excluding carboxylic acids is 2. The van der Waals surface area contributed by atoms with Crippen LogP contribution in [0.1, 0.15) is 45.1 Å². The molecule has 2 heterocycles. The van der Waals surface area contributed by atoms with Gasteiger partial charge in [0.05, 0.1) is 12.0 Å². The summed E-state index contributed by atoms with van der Waals surface area (Å²) in [5.74, 6) is -1.41. The van der Waals surface area contributed by atoms with Crippen molar-refractivity contribution >= 4 is 19.1 Å². The van der Waals surface area contributed by atoms with Crippen LogP contribution in [0.3, 0.4) is 0 Å². The van der Waals surface area contributed by atoms with Crippen LogP contribution in [0.15, 0.2) is 42.0 Å². The molecule has 2 amide bonds. The number of nitrogens with one attached hydrogen (secondary N) is 1. The van der Waals surface area contributed by atoms with E-state index in [0.29, 0.717) is 25.9 Å². The third-order valence-corrected chi connectivity index (χ3v) is 7.05. The Labute approximate surface area is 218 Å². The molecule has 1 aromatic rings. The van der Waals surface area contributed by atoms with Crippen LogP contribution in [0.2, 0.25) is 0 Å². The van der Waals surface area contributed by atoms with Gasteiger partial charge in [-0.15, -0.1) is 0 Å². The summed E-state index contributed by atoms with van der Waals surface area (Å²) in [4.78, 5) is 29.3. The van der Waals surface area contributed by atoms with Crippen LogP contribution in [-0.2, 0) is 16.0 Å². The number of nitrogens with zero attached hydrogens (tertiary/aromatic N) is 3. The van der Waals surface area contributed by atoms with E-state index in [2.05, 4.69) is 5.32 Å². The van der Waals surface area contributed by atoms with Gasteiger partial charge in [0.2, 0.25) is 0 Å². The molecule has 37 heavy (non-hydrogen) atoms. The highest BCUT2D eigenvalue weighted by atomic mass is 19.1. The van der Waals surface area contributed by atoms with Gasteiger partial charge in [-0.2, -0.15) is 5.26 Å². The van der Waals surface area contributed by atoms with Crippen LogP contribution in [0, 0.1) is 11.3 Å². The monoisotopic (exact) mass is 514 g/mol. The molecule has 3 N–H and O–H groups in total. The Kier molecular flexibility index (Phi) is 10.1.